The molecule has 0 saturated carbocycles. The minimum atomic E-state index is 0.418. The fraction of sp³-hybridized carbons (Fsp3) is 0.500. The molecule has 0 aliphatic rings. The van der Waals surface area contributed by atoms with E-state index in [1.165, 1.54) is 16.7 Å². The zero-order valence-electron chi connectivity index (χ0n) is 11.6. The first-order valence-electron chi connectivity index (χ1n) is 6.21. The minimum absolute atomic E-state index is 0.418. The predicted molar refractivity (Wildman–Crippen MR) is 73.4 cm³/mol. The van der Waals surface area contributed by atoms with Crippen molar-refractivity contribution in [1.82, 2.24) is 0 Å². The van der Waals surface area contributed by atoms with Gasteiger partial charge in [-0.15, -0.1) is 5.92 Å². The van der Waals surface area contributed by atoms with E-state index in [4.69, 9.17) is 4.74 Å². The van der Waals surface area contributed by atoms with E-state index in [-0.39, 0.29) is 0 Å². The fourth-order valence-electron chi connectivity index (χ4n) is 1.95. The Morgan fingerprint density at radius 2 is 1.94 bits per heavy atom. The molecule has 17 heavy (non-hydrogen) atoms. The second-order valence-electron chi connectivity index (χ2n) is 4.53. The van der Waals surface area contributed by atoms with Gasteiger partial charge in [0, 0.05) is 12.3 Å². The molecule has 0 aliphatic heterocycles. The third kappa shape index (κ3) is 3.82. The van der Waals surface area contributed by atoms with Crippen LogP contribution in [0.4, 0.5) is 0 Å². The molecule has 1 heteroatoms. The van der Waals surface area contributed by atoms with Gasteiger partial charge in [-0.25, -0.2) is 0 Å². The molecule has 0 aliphatic carbocycles. The molecular formula is C16H22O. The average molecular weight is 230 g/mol. The molecule has 1 unspecified atom stereocenters. The lowest BCUT2D eigenvalue weighted by Gasteiger charge is -2.12. The maximum atomic E-state index is 5.32. The first kappa shape index (κ1) is 13.6. The first-order valence-corrected chi connectivity index (χ1v) is 6.21. The maximum absolute atomic E-state index is 5.32. The van der Waals surface area contributed by atoms with Crippen molar-refractivity contribution in [3.05, 3.63) is 28.8 Å². The highest BCUT2D eigenvalue weighted by molar-refractivity contribution is 5.41. The van der Waals surface area contributed by atoms with E-state index in [1.807, 2.05) is 0 Å². The quantitative estimate of drug-likeness (QED) is 0.715. The Balaban J connectivity index is 2.88. The van der Waals surface area contributed by atoms with Crippen LogP contribution in [0.2, 0.25) is 0 Å². The van der Waals surface area contributed by atoms with E-state index in [9.17, 15) is 0 Å². The number of rotatable bonds is 3. The number of methoxy groups -OCH3 is 1. The van der Waals surface area contributed by atoms with Gasteiger partial charge in [0.2, 0.25) is 0 Å². The van der Waals surface area contributed by atoms with E-state index in [0.29, 0.717) is 5.92 Å². The van der Waals surface area contributed by atoms with Gasteiger partial charge in [0.1, 0.15) is 5.75 Å². The average Bonchev–Trinajstić information content (AvgIpc) is 2.30. The van der Waals surface area contributed by atoms with Gasteiger partial charge in [-0.1, -0.05) is 25.8 Å². The van der Waals surface area contributed by atoms with Crippen molar-refractivity contribution >= 4 is 0 Å². The highest BCUT2D eigenvalue weighted by Gasteiger charge is 2.07. The van der Waals surface area contributed by atoms with Crippen molar-refractivity contribution < 1.29 is 4.74 Å². The molecule has 0 amide bonds. The normalized spacial score (nSPS) is 11.6. The largest absolute Gasteiger partial charge is 0.496 e. The summed E-state index contributed by atoms with van der Waals surface area (Å²) >= 11 is 0. The van der Waals surface area contributed by atoms with E-state index in [0.717, 1.165) is 18.6 Å². The molecule has 0 saturated heterocycles. The zero-order chi connectivity index (χ0) is 12.8. The Kier molecular flexibility index (Phi) is 5.10. The Morgan fingerprint density at radius 3 is 2.53 bits per heavy atom. The van der Waals surface area contributed by atoms with Crippen LogP contribution in [0.15, 0.2) is 12.1 Å². The highest BCUT2D eigenvalue weighted by atomic mass is 16.5. The third-order valence-corrected chi connectivity index (χ3v) is 2.90. The molecule has 1 aromatic carbocycles. The molecule has 0 fully saturated rings. The van der Waals surface area contributed by atoms with Crippen molar-refractivity contribution in [2.75, 3.05) is 7.11 Å². The van der Waals surface area contributed by atoms with Crippen molar-refractivity contribution in [2.45, 2.75) is 40.5 Å². The van der Waals surface area contributed by atoms with Gasteiger partial charge in [-0.2, -0.15) is 0 Å². The van der Waals surface area contributed by atoms with Gasteiger partial charge < -0.3 is 4.74 Å². The summed E-state index contributed by atoms with van der Waals surface area (Å²) in [4.78, 5) is 0. The van der Waals surface area contributed by atoms with Crippen molar-refractivity contribution in [3.63, 3.8) is 0 Å². The van der Waals surface area contributed by atoms with Gasteiger partial charge in [-0.3, -0.25) is 0 Å². The van der Waals surface area contributed by atoms with Crippen LogP contribution in [0.1, 0.15) is 37.0 Å². The Labute approximate surface area is 105 Å². The van der Waals surface area contributed by atoms with E-state index >= 15 is 0 Å². The standard InChI is InChI=1S/C16H22O/c1-6-7-8-12(2)9-15-10-14(4)16(17-5)11-13(15)3/h10-12H,6,9H2,1-5H3. The molecule has 0 heterocycles. The van der Waals surface area contributed by atoms with Crippen LogP contribution in [0.25, 0.3) is 0 Å². The SMILES string of the molecule is CCC#CC(C)Cc1cc(C)c(OC)cc1C. The monoisotopic (exact) mass is 230 g/mol. The smallest absolute Gasteiger partial charge is 0.122 e. The fourth-order valence-corrected chi connectivity index (χ4v) is 1.95. The second kappa shape index (κ2) is 6.35. The molecule has 1 rings (SSSR count). The molecular weight excluding hydrogens is 208 g/mol. The molecule has 1 nitrogen and oxygen atoms in total. The van der Waals surface area contributed by atoms with Gasteiger partial charge in [0.05, 0.1) is 7.11 Å². The third-order valence-electron chi connectivity index (χ3n) is 2.90. The van der Waals surface area contributed by atoms with Crippen LogP contribution in [-0.2, 0) is 6.42 Å². The Hall–Kier alpha value is -1.42. The predicted octanol–water partition coefficient (Wildman–Crippen LogP) is 3.90. The summed E-state index contributed by atoms with van der Waals surface area (Å²) in [5, 5.41) is 0. The summed E-state index contributed by atoms with van der Waals surface area (Å²) in [5.74, 6) is 7.81. The number of hydrogen-bond donors (Lipinski definition) is 0. The van der Waals surface area contributed by atoms with Crippen LogP contribution in [-0.4, -0.2) is 7.11 Å². The molecule has 1 atom stereocenters. The molecule has 0 N–H and O–H groups in total. The number of hydrogen-bond acceptors (Lipinski definition) is 1. The van der Waals surface area contributed by atoms with Gasteiger partial charge in [-0.05, 0) is 43.0 Å². The molecule has 0 bridgehead atoms. The zero-order valence-corrected chi connectivity index (χ0v) is 11.6. The topological polar surface area (TPSA) is 9.23 Å². The summed E-state index contributed by atoms with van der Waals surface area (Å²) in [7, 11) is 1.72. The van der Waals surface area contributed by atoms with Crippen LogP contribution >= 0.6 is 0 Å². The van der Waals surface area contributed by atoms with Gasteiger partial charge in [0.15, 0.2) is 0 Å². The lowest BCUT2D eigenvalue weighted by Crippen LogP contribution is -2.00. The molecule has 1 aromatic rings. The summed E-state index contributed by atoms with van der Waals surface area (Å²) in [5.41, 5.74) is 3.86. The lowest BCUT2D eigenvalue weighted by molar-refractivity contribution is 0.411. The second-order valence-corrected chi connectivity index (χ2v) is 4.53. The van der Waals surface area contributed by atoms with Crippen molar-refractivity contribution in [1.29, 1.82) is 0 Å². The minimum Gasteiger partial charge on any atom is -0.496 e. The van der Waals surface area contributed by atoms with E-state index < -0.39 is 0 Å². The number of benzene rings is 1. The van der Waals surface area contributed by atoms with Gasteiger partial charge in [0.25, 0.3) is 0 Å². The summed E-state index contributed by atoms with van der Waals surface area (Å²) in [6.45, 7) is 8.49. The van der Waals surface area contributed by atoms with E-state index in [2.05, 4.69) is 51.7 Å². The van der Waals surface area contributed by atoms with Crippen LogP contribution < -0.4 is 4.74 Å². The molecule has 92 valence electrons. The summed E-state index contributed by atoms with van der Waals surface area (Å²) in [6, 6.07) is 4.34. The Bertz CT molecular complexity index is 435. The highest BCUT2D eigenvalue weighted by Crippen LogP contribution is 2.24. The van der Waals surface area contributed by atoms with Crippen molar-refractivity contribution in [3.8, 4) is 17.6 Å². The van der Waals surface area contributed by atoms with Crippen LogP contribution in [0.3, 0.4) is 0 Å². The van der Waals surface area contributed by atoms with E-state index in [1.54, 1.807) is 7.11 Å². The first-order chi connectivity index (χ1) is 8.08. The molecule has 0 aromatic heterocycles. The van der Waals surface area contributed by atoms with Crippen molar-refractivity contribution in [2.24, 2.45) is 5.92 Å². The number of ether oxygens (including phenoxy) is 1. The maximum Gasteiger partial charge on any atom is 0.122 e. The van der Waals surface area contributed by atoms with Gasteiger partial charge >= 0.3 is 0 Å². The van der Waals surface area contributed by atoms with Crippen LogP contribution in [0, 0.1) is 31.6 Å². The summed E-state index contributed by atoms with van der Waals surface area (Å²) < 4.78 is 5.32. The molecule has 0 radical (unpaired) electrons. The number of aryl methyl sites for hydroxylation is 2. The lowest BCUT2D eigenvalue weighted by atomic mass is 9.95. The summed E-state index contributed by atoms with van der Waals surface area (Å²) in [6.07, 6.45) is 1.95. The Morgan fingerprint density at radius 1 is 1.24 bits per heavy atom. The van der Waals surface area contributed by atoms with Crippen LogP contribution in [0.5, 0.6) is 5.75 Å². The molecule has 0 spiro atoms.